The Hall–Kier alpha value is -6.68. The van der Waals surface area contributed by atoms with Crippen LogP contribution in [0.5, 0.6) is 34.5 Å². The van der Waals surface area contributed by atoms with Gasteiger partial charge in [-0.3, -0.25) is 28.8 Å². The minimum absolute atomic E-state index is 0.0101. The number of aliphatic hydroxyl groups is 11. The highest BCUT2D eigenvalue weighted by Crippen LogP contribution is 2.69. The Kier molecular flexibility index (Phi) is 24.3. The molecule has 0 amide bonds. The molecule has 5 aliphatic carbocycles. The Morgan fingerprint density at radius 2 is 0.959 bits per heavy atom. The van der Waals surface area contributed by atoms with Crippen molar-refractivity contribution in [3.8, 4) is 34.5 Å². The minimum atomic E-state index is -3.21. The molecule has 0 spiro atoms. The van der Waals surface area contributed by atoms with Gasteiger partial charge in [-0.25, -0.2) is 0 Å². The molecule has 15 rings (SSSR count). The second kappa shape index (κ2) is 32.9. The van der Waals surface area contributed by atoms with E-state index in [0.29, 0.717) is 0 Å². The fourth-order valence-corrected chi connectivity index (χ4v) is 21.7. The summed E-state index contributed by atoms with van der Waals surface area (Å²) in [4.78, 5) is 89.5. The molecule has 12 aliphatic rings. The number of Topliss-reactive ketones (excluding diaryl/α,β-unsaturated/α-hetero) is 6. The Bertz CT molecular complexity index is 4640. The molecule has 37 heteroatoms. The van der Waals surface area contributed by atoms with Gasteiger partial charge >= 0.3 is 0 Å². The van der Waals surface area contributed by atoms with Crippen molar-refractivity contribution in [1.82, 2.24) is 0 Å². The normalized spacial score (nSPS) is 43.2. The van der Waals surface area contributed by atoms with Crippen molar-refractivity contribution in [3.63, 3.8) is 0 Å². The van der Waals surface area contributed by atoms with Gasteiger partial charge in [-0.2, -0.15) is 0 Å². The van der Waals surface area contributed by atoms with Gasteiger partial charge in [0.05, 0.1) is 145 Å². The molecule has 33 atom stereocenters. The Labute approximate surface area is 700 Å². The van der Waals surface area contributed by atoms with Crippen LogP contribution in [0.25, 0.3) is 16.3 Å². The number of ether oxygens (including phenoxy) is 16. The van der Waals surface area contributed by atoms with Crippen LogP contribution in [0.4, 0.5) is 0 Å². The number of methoxy groups -OCH3 is 3. The van der Waals surface area contributed by atoms with Gasteiger partial charge in [0, 0.05) is 55.4 Å². The average Bonchev–Trinajstić information content (AvgIpc) is 1.47. The largest absolute Gasteiger partial charge is 0.507 e. The molecule has 7 saturated heterocycles. The first-order valence-corrected chi connectivity index (χ1v) is 42.0. The van der Waals surface area contributed by atoms with E-state index < -0.39 is 344 Å². The topological polar surface area (TPSA) is 554 Å². The van der Waals surface area contributed by atoms with E-state index in [4.69, 9.17) is 75.8 Å². The van der Waals surface area contributed by atoms with Crippen LogP contribution in [0.15, 0.2) is 11.8 Å². The van der Waals surface area contributed by atoms with Gasteiger partial charge < -0.3 is 152 Å². The van der Waals surface area contributed by atoms with Gasteiger partial charge in [-0.05, 0) is 112 Å². The first-order valence-electron chi connectivity index (χ1n) is 42.0. The Morgan fingerprint density at radius 3 is 1.44 bits per heavy atom. The van der Waals surface area contributed by atoms with E-state index >= 15 is 19.2 Å². The summed E-state index contributed by atoms with van der Waals surface area (Å²) in [7, 11) is 3.09. The van der Waals surface area contributed by atoms with Crippen molar-refractivity contribution in [2.75, 3.05) is 21.3 Å². The molecule has 15 N–H and O–H groups in total. The molecule has 122 heavy (non-hydrogen) atoms. The summed E-state index contributed by atoms with van der Waals surface area (Å²) < 4.78 is 101. The van der Waals surface area contributed by atoms with E-state index in [1.807, 2.05) is 0 Å². The zero-order valence-corrected chi connectivity index (χ0v) is 70.0. The average molecular weight is 1730 g/mol. The summed E-state index contributed by atoms with van der Waals surface area (Å²) in [6.07, 6.45) is -35.1. The number of fused-ring (bicyclic) bond motifs is 6. The summed E-state index contributed by atoms with van der Waals surface area (Å²) in [6.45, 7) is 15.1. The number of allylic oxidation sites excluding steroid dienone is 2. The lowest BCUT2D eigenvalue weighted by Crippen LogP contribution is -2.80. The van der Waals surface area contributed by atoms with Crippen molar-refractivity contribution in [3.05, 3.63) is 50.8 Å². The predicted octanol–water partition coefficient (Wildman–Crippen LogP) is 2.40. The number of aliphatic hydroxyl groups excluding tert-OH is 6. The van der Waals surface area contributed by atoms with E-state index in [1.54, 1.807) is 41.5 Å². The summed E-state index contributed by atoms with van der Waals surface area (Å²) in [6, 6.07) is 1.25. The van der Waals surface area contributed by atoms with Gasteiger partial charge in [0.25, 0.3) is 0 Å². The number of aromatic hydroxyl groups is 4. The van der Waals surface area contributed by atoms with E-state index in [0.717, 1.165) is 21.3 Å². The van der Waals surface area contributed by atoms with Crippen molar-refractivity contribution >= 4 is 51.0 Å². The molecule has 3 aromatic rings. The van der Waals surface area contributed by atoms with E-state index in [2.05, 4.69) is 0 Å². The van der Waals surface area contributed by atoms with Crippen LogP contribution < -0.4 is 9.47 Å². The van der Waals surface area contributed by atoms with Gasteiger partial charge in [-0.1, -0.05) is 26.7 Å². The van der Waals surface area contributed by atoms with Crippen molar-refractivity contribution in [2.45, 2.75) is 353 Å². The Morgan fingerprint density at radius 1 is 0.484 bits per heavy atom. The molecular weight excluding hydrogens is 1610 g/mol. The minimum Gasteiger partial charge on any atom is -0.507 e. The molecule has 37 nitrogen and oxygen atoms in total. The van der Waals surface area contributed by atoms with E-state index in [-0.39, 0.29) is 81.6 Å². The quantitative estimate of drug-likeness (QED) is 0.0642. The zero-order chi connectivity index (χ0) is 88.5. The maximum absolute atomic E-state index is 16.4. The second-order valence-corrected chi connectivity index (χ2v) is 35.1. The van der Waals surface area contributed by atoms with Gasteiger partial charge in [0.2, 0.25) is 23.1 Å². The van der Waals surface area contributed by atoms with Gasteiger partial charge in [-0.15, -0.1) is 0 Å². The Balaban J connectivity index is 0.798. The van der Waals surface area contributed by atoms with Crippen LogP contribution in [0.1, 0.15) is 223 Å². The molecule has 14 unspecified atom stereocenters. The predicted molar refractivity (Wildman–Crippen MR) is 412 cm³/mol. The van der Waals surface area contributed by atoms with Crippen LogP contribution in [0.2, 0.25) is 0 Å². The number of hydrogen-bond acceptors (Lipinski definition) is 37. The monoisotopic (exact) mass is 1720 g/mol. The lowest BCUT2D eigenvalue weighted by molar-refractivity contribution is -0.358. The number of ketones is 6. The van der Waals surface area contributed by atoms with Crippen LogP contribution in [-0.2, 0) is 82.3 Å². The fourth-order valence-electron chi connectivity index (χ4n) is 21.7. The molecule has 7 heterocycles. The first-order chi connectivity index (χ1) is 57.5. The van der Waals surface area contributed by atoms with E-state index in [1.165, 1.54) is 33.8 Å². The highest BCUT2D eigenvalue weighted by atomic mass is 16.8. The van der Waals surface area contributed by atoms with Crippen molar-refractivity contribution < 1.29 is 181 Å². The molecule has 0 radical (unpaired) electrons. The van der Waals surface area contributed by atoms with Crippen LogP contribution in [0.3, 0.4) is 0 Å². The SMILES string of the molecule is CCCC1(O)C(O[C@@H]2CC[C@@H](O[C@@H]3CC[C@](O)(C(C)=O)[C@@H](C)O3)[C@H](C)O2)C(O)C(O[C@@H]2C[C@H](O)[C@H](O)[C@@H](C)O2)C2Cc3cc4c(OC)c(OC)c(C5=C(OC)C(=O)c6c(O)c7c(c(O)c6C5=O)C(=O)C5(O)C6C7OC5(CCC)C(O[C@@H]5CC[C@@H](O[C@H]7CCC(O)(C(C)=O)[C@@H](C)O7)[C@H](C)O5)C(O)C6O[C@@H]5C[C@H](O)[C@H](O)[C@@H](C)O5)c(O)c4c(O)c3C(=O)C21O. The molecule has 4 bridgehead atoms. The molecule has 2 saturated carbocycles. The highest BCUT2D eigenvalue weighted by Gasteiger charge is 2.82. The summed E-state index contributed by atoms with van der Waals surface area (Å²) in [5.74, 6) is -17.3. The third-order valence-corrected chi connectivity index (χ3v) is 28.3. The number of carbonyl (C=O) groups is 6. The zero-order valence-electron chi connectivity index (χ0n) is 70.0. The van der Waals surface area contributed by atoms with E-state index in [9.17, 15) is 86.2 Å². The van der Waals surface area contributed by atoms with Crippen molar-refractivity contribution in [1.29, 1.82) is 0 Å². The van der Waals surface area contributed by atoms with Crippen molar-refractivity contribution in [2.24, 2.45) is 11.8 Å². The lowest BCUT2D eigenvalue weighted by Gasteiger charge is -2.60. The number of benzene rings is 3. The number of phenolic OH excluding ortho intramolecular Hbond substituents is 4. The third-order valence-electron chi connectivity index (χ3n) is 28.3. The highest BCUT2D eigenvalue weighted by molar-refractivity contribution is 6.43. The second-order valence-electron chi connectivity index (χ2n) is 35.1. The maximum atomic E-state index is 16.4. The molecule has 7 aliphatic heterocycles. The summed E-state index contributed by atoms with van der Waals surface area (Å²) in [5, 5.41) is 185. The van der Waals surface area contributed by atoms with Crippen LogP contribution >= 0.6 is 0 Å². The summed E-state index contributed by atoms with van der Waals surface area (Å²) in [5.41, 5.74) is -21.6. The number of carbonyl (C=O) groups excluding carboxylic acids is 6. The summed E-state index contributed by atoms with van der Waals surface area (Å²) >= 11 is 0. The molecule has 9 fully saturated rings. The number of rotatable bonds is 22. The van der Waals surface area contributed by atoms with Crippen LogP contribution in [0, 0.1) is 11.8 Å². The maximum Gasteiger partial charge on any atom is 0.232 e. The standard InChI is InChI=1S/C85H112O37/c1-14-22-82(104)78(120-45-18-16-43(30(3)110-45)116-47-20-24-80(102,34(7)86)36(9)114-47)68(98)71(118-49-28-41(88)60(90)32(5)112-49)40-27-38-26-39-52(62(92)51(38)76(100)84(40,82)105)63(93)56(74(109-13)70(39)107-11)55-64(94)53-54(67(97)73(55)108-12)65(95)57-58(66(53)96)77(101)85(106)59-72(57)122-83(85,23-15-2)79(69(99)75(59)119-50-29-42(89)61(91)33(6)113-50)121-46-19-17-44(31(4)111-46)117-48-21-25-81(103,35(8)87)37(10)115-48/h26,30-33,36-37,40-50,59-61,68-69,71-72,75,78-79,88-93,95-96,98-99,102-106H,14-25,27-29H2,1-13H3/t30-,31-,32+,33+,36+,37+,40?,41-,42-,43+,44+,45+,46+,47+,48-,49+,50+,59?,60+,61+,68?,69?,71?,72?,75?,78?,79?,80-,81?,82?,83?,84?,85?/m0/s1. The fraction of sp³-hybridized carbons (Fsp3) is 0.718. The number of phenols is 4. The lowest BCUT2D eigenvalue weighted by atomic mass is 9.53. The van der Waals surface area contributed by atoms with Crippen LogP contribution in [-0.4, -0.2) is 314 Å². The molecule has 3 aromatic carbocycles. The molecular formula is C85H112O37. The smallest absolute Gasteiger partial charge is 0.232 e. The first kappa shape index (κ1) is 90.1. The number of hydrogen-bond donors (Lipinski definition) is 15. The van der Waals surface area contributed by atoms with Gasteiger partial charge in [0.1, 0.15) is 82.0 Å². The van der Waals surface area contributed by atoms with Gasteiger partial charge in [0.15, 0.2) is 77.8 Å². The molecule has 674 valence electrons. The molecule has 0 aromatic heterocycles. The third kappa shape index (κ3) is 13.6.